The van der Waals surface area contributed by atoms with Crippen LogP contribution in [0.15, 0.2) is 60.3 Å². The molecule has 0 aliphatic heterocycles. The molecule has 2 aromatic carbocycles. The van der Waals surface area contributed by atoms with Crippen molar-refractivity contribution in [2.24, 2.45) is 0 Å². The minimum absolute atomic E-state index is 0.713. The van der Waals surface area contributed by atoms with E-state index in [0.717, 1.165) is 5.75 Å². The second-order valence-corrected chi connectivity index (χ2v) is 5.05. The van der Waals surface area contributed by atoms with Crippen molar-refractivity contribution in [1.29, 1.82) is 0 Å². The van der Waals surface area contributed by atoms with Crippen LogP contribution in [0.2, 0.25) is 0 Å². The highest BCUT2D eigenvalue weighted by molar-refractivity contribution is 6.59. The standard InChI is InChI=1S/C16H16OSi/c1-2-17-15-10-8-14(9-11-15)12-13-18-16-6-4-3-5-7-16/h3-13H,2H2,1H3/b13-12+. The van der Waals surface area contributed by atoms with Gasteiger partial charge >= 0.3 is 0 Å². The zero-order chi connectivity index (χ0) is 12.6. The number of hydrogen-bond donors (Lipinski definition) is 0. The first-order valence-corrected chi connectivity index (χ1v) is 7.17. The van der Waals surface area contributed by atoms with Gasteiger partial charge in [0.05, 0.1) is 6.61 Å². The Bertz CT molecular complexity index is 488. The van der Waals surface area contributed by atoms with Crippen molar-refractivity contribution < 1.29 is 4.74 Å². The van der Waals surface area contributed by atoms with E-state index >= 15 is 0 Å². The van der Waals surface area contributed by atoms with Crippen LogP contribution in [0.4, 0.5) is 0 Å². The summed E-state index contributed by atoms with van der Waals surface area (Å²) in [5, 5.41) is 1.36. The first-order chi connectivity index (χ1) is 8.88. The van der Waals surface area contributed by atoms with Gasteiger partial charge in [-0.25, -0.2) is 0 Å². The fourth-order valence-electron chi connectivity index (χ4n) is 1.61. The molecule has 0 bridgehead atoms. The molecule has 90 valence electrons. The van der Waals surface area contributed by atoms with Gasteiger partial charge in [0.25, 0.3) is 0 Å². The van der Waals surface area contributed by atoms with Gasteiger partial charge in [-0.15, -0.1) is 0 Å². The molecule has 0 atom stereocenters. The molecule has 0 spiro atoms. The number of rotatable bonds is 5. The third-order valence-corrected chi connectivity index (χ3v) is 3.49. The SMILES string of the molecule is CCOc1ccc(/C=C/[Si]c2ccccc2)cc1. The van der Waals surface area contributed by atoms with Crippen molar-refractivity contribution >= 4 is 20.8 Å². The monoisotopic (exact) mass is 252 g/mol. The molecule has 0 heterocycles. The van der Waals surface area contributed by atoms with Gasteiger partial charge in [0.15, 0.2) is 0 Å². The van der Waals surface area contributed by atoms with E-state index in [1.807, 2.05) is 25.1 Å². The number of benzene rings is 2. The normalized spacial score (nSPS) is 10.7. The molecule has 2 radical (unpaired) electrons. The minimum Gasteiger partial charge on any atom is -0.494 e. The van der Waals surface area contributed by atoms with E-state index in [-0.39, 0.29) is 0 Å². The lowest BCUT2D eigenvalue weighted by atomic mass is 10.2. The van der Waals surface area contributed by atoms with Gasteiger partial charge in [-0.2, -0.15) is 0 Å². The molecule has 0 aliphatic rings. The molecular weight excluding hydrogens is 236 g/mol. The maximum Gasteiger partial charge on any atom is 0.119 e. The second kappa shape index (κ2) is 6.82. The maximum absolute atomic E-state index is 5.41. The van der Waals surface area contributed by atoms with Crippen LogP contribution in [0.3, 0.4) is 0 Å². The molecule has 2 aromatic rings. The van der Waals surface area contributed by atoms with Gasteiger partial charge in [-0.05, 0) is 24.6 Å². The molecule has 0 aromatic heterocycles. The molecule has 18 heavy (non-hydrogen) atoms. The van der Waals surface area contributed by atoms with E-state index in [2.05, 4.69) is 48.2 Å². The first kappa shape index (κ1) is 12.6. The van der Waals surface area contributed by atoms with E-state index in [4.69, 9.17) is 4.74 Å². The second-order valence-electron chi connectivity index (χ2n) is 3.85. The quantitative estimate of drug-likeness (QED) is 0.743. The molecular formula is C16H16OSi. The van der Waals surface area contributed by atoms with Gasteiger partial charge in [0.2, 0.25) is 0 Å². The highest BCUT2D eigenvalue weighted by atomic mass is 28.2. The summed E-state index contributed by atoms with van der Waals surface area (Å²) in [5.41, 5.74) is 3.42. The summed E-state index contributed by atoms with van der Waals surface area (Å²) in [5.74, 6) is 0.931. The summed E-state index contributed by atoms with van der Waals surface area (Å²) in [6, 6.07) is 18.7. The zero-order valence-electron chi connectivity index (χ0n) is 10.5. The summed E-state index contributed by atoms with van der Waals surface area (Å²) in [7, 11) is 0.716. The molecule has 1 nitrogen and oxygen atoms in total. The molecule has 2 heteroatoms. The lowest BCUT2D eigenvalue weighted by Gasteiger charge is -2.02. The topological polar surface area (TPSA) is 9.23 Å². The van der Waals surface area contributed by atoms with Gasteiger partial charge in [-0.1, -0.05) is 59.4 Å². The Labute approximate surface area is 111 Å². The third-order valence-electron chi connectivity index (χ3n) is 2.49. The van der Waals surface area contributed by atoms with Crippen molar-refractivity contribution in [3.05, 3.63) is 65.9 Å². The summed E-state index contributed by atoms with van der Waals surface area (Å²) in [4.78, 5) is 0. The van der Waals surface area contributed by atoms with Crippen LogP contribution in [0.1, 0.15) is 12.5 Å². The van der Waals surface area contributed by atoms with Crippen molar-refractivity contribution in [3.8, 4) is 5.75 Å². The maximum atomic E-state index is 5.41. The van der Waals surface area contributed by atoms with E-state index < -0.39 is 0 Å². The Balaban J connectivity index is 1.93. The van der Waals surface area contributed by atoms with E-state index in [0.29, 0.717) is 16.1 Å². The Morgan fingerprint density at radius 3 is 2.39 bits per heavy atom. The summed E-state index contributed by atoms with van der Waals surface area (Å²) in [6.45, 7) is 2.71. The van der Waals surface area contributed by atoms with E-state index in [9.17, 15) is 0 Å². The zero-order valence-corrected chi connectivity index (χ0v) is 11.5. The first-order valence-electron chi connectivity index (χ1n) is 6.09. The van der Waals surface area contributed by atoms with Crippen molar-refractivity contribution in [2.45, 2.75) is 6.92 Å². The summed E-state index contributed by atoms with van der Waals surface area (Å²) >= 11 is 0. The summed E-state index contributed by atoms with van der Waals surface area (Å²) in [6.07, 6.45) is 2.15. The molecule has 2 rings (SSSR count). The Hall–Kier alpha value is -1.80. The Kier molecular flexibility index (Phi) is 4.79. The van der Waals surface area contributed by atoms with Crippen LogP contribution in [0.25, 0.3) is 6.08 Å². The third kappa shape index (κ3) is 3.89. The molecule has 0 aliphatic carbocycles. The Morgan fingerprint density at radius 1 is 1.00 bits per heavy atom. The minimum atomic E-state index is 0.713. The predicted molar refractivity (Wildman–Crippen MR) is 78.5 cm³/mol. The highest BCUT2D eigenvalue weighted by Gasteiger charge is 1.92. The van der Waals surface area contributed by atoms with Crippen molar-refractivity contribution in [3.63, 3.8) is 0 Å². The summed E-state index contributed by atoms with van der Waals surface area (Å²) < 4.78 is 5.41. The molecule has 0 fully saturated rings. The van der Waals surface area contributed by atoms with Crippen molar-refractivity contribution in [1.82, 2.24) is 0 Å². The fourth-order valence-corrected chi connectivity index (χ4v) is 2.46. The smallest absolute Gasteiger partial charge is 0.119 e. The highest BCUT2D eigenvalue weighted by Crippen LogP contribution is 2.12. The lowest BCUT2D eigenvalue weighted by molar-refractivity contribution is 0.340. The van der Waals surface area contributed by atoms with Crippen LogP contribution in [-0.2, 0) is 0 Å². The van der Waals surface area contributed by atoms with E-state index in [1.165, 1.54) is 10.8 Å². The molecule has 0 amide bonds. The van der Waals surface area contributed by atoms with Crippen LogP contribution >= 0.6 is 0 Å². The van der Waals surface area contributed by atoms with Gasteiger partial charge in [0, 0.05) is 0 Å². The largest absolute Gasteiger partial charge is 0.494 e. The predicted octanol–water partition coefficient (Wildman–Crippen LogP) is 3.09. The Morgan fingerprint density at radius 2 is 1.72 bits per heavy atom. The molecule has 0 saturated carbocycles. The lowest BCUT2D eigenvalue weighted by Crippen LogP contribution is -2.09. The van der Waals surface area contributed by atoms with Crippen molar-refractivity contribution in [2.75, 3.05) is 6.61 Å². The van der Waals surface area contributed by atoms with Gasteiger partial charge < -0.3 is 4.74 Å². The molecule has 0 saturated heterocycles. The van der Waals surface area contributed by atoms with Crippen LogP contribution in [0, 0.1) is 0 Å². The molecule has 0 N–H and O–H groups in total. The number of ether oxygens (including phenoxy) is 1. The average molecular weight is 252 g/mol. The van der Waals surface area contributed by atoms with Crippen LogP contribution < -0.4 is 9.92 Å². The van der Waals surface area contributed by atoms with Crippen LogP contribution in [-0.4, -0.2) is 16.1 Å². The molecule has 0 unspecified atom stereocenters. The van der Waals surface area contributed by atoms with E-state index in [1.54, 1.807) is 0 Å². The van der Waals surface area contributed by atoms with Gasteiger partial charge in [0.1, 0.15) is 15.3 Å². The number of hydrogen-bond acceptors (Lipinski definition) is 1. The van der Waals surface area contributed by atoms with Crippen LogP contribution in [0.5, 0.6) is 5.75 Å². The fraction of sp³-hybridized carbons (Fsp3) is 0.125. The van der Waals surface area contributed by atoms with Gasteiger partial charge in [-0.3, -0.25) is 0 Å². The average Bonchev–Trinajstić information content (AvgIpc) is 2.42.